The first-order valence-electron chi connectivity index (χ1n) is 6.55. The zero-order chi connectivity index (χ0) is 13.2. The van der Waals surface area contributed by atoms with Crippen LogP contribution in [0.15, 0.2) is 42.5 Å². The second-order valence-electron chi connectivity index (χ2n) is 4.96. The summed E-state index contributed by atoms with van der Waals surface area (Å²) in [5.74, 6) is -0.133. The molecule has 1 heterocycles. The van der Waals surface area contributed by atoms with Gasteiger partial charge in [-0.3, -0.25) is 0 Å². The van der Waals surface area contributed by atoms with E-state index in [0.717, 1.165) is 12.0 Å². The van der Waals surface area contributed by atoms with Crippen molar-refractivity contribution in [2.24, 2.45) is 5.92 Å². The Hall–Kier alpha value is -1.84. The predicted octanol–water partition coefficient (Wildman–Crippen LogP) is 2.92. The van der Waals surface area contributed by atoms with Crippen molar-refractivity contribution in [1.29, 1.82) is 0 Å². The molecule has 1 amide bonds. The number of fused-ring (bicyclic) bond motifs is 1. The van der Waals surface area contributed by atoms with Crippen LogP contribution >= 0.6 is 0 Å². The fourth-order valence-corrected chi connectivity index (χ4v) is 2.51. The minimum absolute atomic E-state index is 0.133. The second kappa shape index (κ2) is 5.03. The Bertz CT molecular complexity index is 488. The van der Waals surface area contributed by atoms with Gasteiger partial charge in [0, 0.05) is 12.5 Å². The molecule has 0 radical (unpaired) electrons. The van der Waals surface area contributed by atoms with E-state index in [0.29, 0.717) is 6.54 Å². The molecule has 1 aliphatic heterocycles. The van der Waals surface area contributed by atoms with Crippen molar-refractivity contribution in [1.82, 2.24) is 4.90 Å². The van der Waals surface area contributed by atoms with E-state index in [1.54, 1.807) is 0 Å². The van der Waals surface area contributed by atoms with Crippen molar-refractivity contribution in [3.63, 3.8) is 0 Å². The molecular weight excluding hydrogens is 245 g/mol. The number of ether oxygens (including phenoxy) is 1. The van der Waals surface area contributed by atoms with Gasteiger partial charge in [-0.2, -0.15) is 0 Å². The van der Waals surface area contributed by atoms with Crippen LogP contribution in [0.25, 0.3) is 0 Å². The molecule has 0 spiro atoms. The lowest BCUT2D eigenvalue weighted by Crippen LogP contribution is -2.35. The summed E-state index contributed by atoms with van der Waals surface area (Å²) in [6.07, 6.45) is 3.24. The fraction of sp³-hybridized carbons (Fsp3) is 0.400. The van der Waals surface area contributed by atoms with Gasteiger partial charge < -0.3 is 9.64 Å². The van der Waals surface area contributed by atoms with E-state index in [4.69, 9.17) is 4.74 Å². The Morgan fingerprint density at radius 2 is 2.16 bits per heavy atom. The number of rotatable bonds is 2. The van der Waals surface area contributed by atoms with Gasteiger partial charge in [0.1, 0.15) is 12.8 Å². The third-order valence-electron chi connectivity index (χ3n) is 3.64. The molecular formula is C15H16FNO2. The quantitative estimate of drug-likeness (QED) is 0.766. The van der Waals surface area contributed by atoms with Crippen molar-refractivity contribution < 1.29 is 13.9 Å². The van der Waals surface area contributed by atoms with Crippen LogP contribution in [-0.4, -0.2) is 29.8 Å². The highest BCUT2D eigenvalue weighted by Gasteiger charge is 2.55. The summed E-state index contributed by atoms with van der Waals surface area (Å²) >= 11 is 0. The average molecular weight is 261 g/mol. The number of halogens is 1. The van der Waals surface area contributed by atoms with Gasteiger partial charge in [0.05, 0.1) is 6.04 Å². The summed E-state index contributed by atoms with van der Waals surface area (Å²) in [4.78, 5) is 13.5. The Morgan fingerprint density at radius 3 is 2.95 bits per heavy atom. The van der Waals surface area contributed by atoms with Crippen LogP contribution in [0, 0.1) is 5.92 Å². The van der Waals surface area contributed by atoms with Gasteiger partial charge >= 0.3 is 6.09 Å². The molecule has 3 rings (SSSR count). The molecule has 0 bridgehead atoms. The van der Waals surface area contributed by atoms with E-state index >= 15 is 0 Å². The summed E-state index contributed by atoms with van der Waals surface area (Å²) in [7, 11) is 0. The van der Waals surface area contributed by atoms with E-state index in [2.05, 4.69) is 0 Å². The van der Waals surface area contributed by atoms with E-state index in [1.165, 1.54) is 4.90 Å². The molecule has 19 heavy (non-hydrogen) atoms. The molecule has 1 fully saturated rings. The van der Waals surface area contributed by atoms with Gasteiger partial charge in [-0.05, 0) is 12.0 Å². The van der Waals surface area contributed by atoms with Gasteiger partial charge in [0.2, 0.25) is 0 Å². The van der Waals surface area contributed by atoms with E-state index in [-0.39, 0.29) is 18.6 Å². The van der Waals surface area contributed by atoms with E-state index in [9.17, 15) is 9.18 Å². The zero-order valence-corrected chi connectivity index (χ0v) is 10.5. The van der Waals surface area contributed by atoms with Crippen LogP contribution in [0.3, 0.4) is 0 Å². The molecule has 3 atom stereocenters. The Kier molecular flexibility index (Phi) is 3.23. The lowest BCUT2D eigenvalue weighted by atomic mass is 10.2. The van der Waals surface area contributed by atoms with Gasteiger partial charge in [-0.1, -0.05) is 42.5 Å². The van der Waals surface area contributed by atoms with Crippen molar-refractivity contribution >= 4 is 6.09 Å². The van der Waals surface area contributed by atoms with Crippen LogP contribution in [0.1, 0.15) is 12.0 Å². The fourth-order valence-electron chi connectivity index (χ4n) is 2.51. The van der Waals surface area contributed by atoms with Gasteiger partial charge in [0.15, 0.2) is 0 Å². The monoisotopic (exact) mass is 261 g/mol. The third-order valence-corrected chi connectivity index (χ3v) is 3.64. The molecule has 1 unspecified atom stereocenters. The highest BCUT2D eigenvalue weighted by molar-refractivity contribution is 5.69. The van der Waals surface area contributed by atoms with Crippen molar-refractivity contribution in [3.8, 4) is 0 Å². The molecule has 1 saturated carbocycles. The average Bonchev–Trinajstić information content (AvgIpc) is 3.13. The standard InChI is InChI=1S/C15H16FNO2/c16-13-12-8-4-5-9-17(14(12)13)15(18)19-10-11-6-2-1-3-7-11/h1-4,6-8,12-14H,5,9-10H2/t12-,13-,14?/m0/s1. The molecule has 1 aromatic carbocycles. The number of carbonyl (C=O) groups is 1. The number of hydrogen-bond donors (Lipinski definition) is 0. The maximum absolute atomic E-state index is 13.5. The van der Waals surface area contributed by atoms with Crippen LogP contribution in [0.4, 0.5) is 9.18 Å². The molecule has 1 aromatic rings. The SMILES string of the molecule is O=C(OCc1ccccc1)N1CCC=C[C@@H]2C1[C@H]2F. The van der Waals surface area contributed by atoms with Gasteiger partial charge in [-0.15, -0.1) is 0 Å². The summed E-state index contributed by atoms with van der Waals surface area (Å²) in [5, 5.41) is 0. The minimum Gasteiger partial charge on any atom is -0.445 e. The van der Waals surface area contributed by atoms with Crippen molar-refractivity contribution in [2.75, 3.05) is 6.54 Å². The first-order valence-corrected chi connectivity index (χ1v) is 6.55. The Morgan fingerprint density at radius 1 is 1.37 bits per heavy atom. The number of amides is 1. The number of hydrogen-bond acceptors (Lipinski definition) is 2. The normalized spacial score (nSPS) is 28.5. The molecule has 0 aromatic heterocycles. The maximum atomic E-state index is 13.5. The van der Waals surface area contributed by atoms with E-state index in [1.807, 2.05) is 42.5 Å². The Labute approximate surface area is 111 Å². The first kappa shape index (κ1) is 12.2. The first-order chi connectivity index (χ1) is 9.27. The van der Waals surface area contributed by atoms with E-state index < -0.39 is 12.3 Å². The number of carbonyl (C=O) groups excluding carboxylic acids is 1. The molecule has 2 aliphatic rings. The topological polar surface area (TPSA) is 29.5 Å². The molecule has 4 heteroatoms. The molecule has 100 valence electrons. The maximum Gasteiger partial charge on any atom is 0.410 e. The van der Waals surface area contributed by atoms with Gasteiger partial charge in [0.25, 0.3) is 0 Å². The third kappa shape index (κ3) is 2.48. The summed E-state index contributed by atoms with van der Waals surface area (Å²) in [5.41, 5.74) is 0.938. The number of benzene rings is 1. The van der Waals surface area contributed by atoms with Crippen LogP contribution < -0.4 is 0 Å². The zero-order valence-electron chi connectivity index (χ0n) is 10.5. The molecule has 0 N–H and O–H groups in total. The highest BCUT2D eigenvalue weighted by atomic mass is 19.1. The molecule has 0 saturated heterocycles. The van der Waals surface area contributed by atoms with Crippen LogP contribution in [-0.2, 0) is 11.3 Å². The largest absolute Gasteiger partial charge is 0.445 e. The lowest BCUT2D eigenvalue weighted by Gasteiger charge is -2.20. The lowest BCUT2D eigenvalue weighted by molar-refractivity contribution is 0.0908. The summed E-state index contributed by atoms with van der Waals surface area (Å²) in [6, 6.07) is 9.18. The van der Waals surface area contributed by atoms with Crippen molar-refractivity contribution in [2.45, 2.75) is 25.2 Å². The van der Waals surface area contributed by atoms with Crippen LogP contribution in [0.2, 0.25) is 0 Å². The minimum atomic E-state index is -0.930. The van der Waals surface area contributed by atoms with Crippen molar-refractivity contribution in [3.05, 3.63) is 48.0 Å². The Balaban J connectivity index is 1.59. The summed E-state index contributed by atoms with van der Waals surface area (Å²) in [6.45, 7) is 0.768. The molecule has 1 aliphatic carbocycles. The number of alkyl halides is 1. The second-order valence-corrected chi connectivity index (χ2v) is 4.96. The smallest absolute Gasteiger partial charge is 0.410 e. The number of nitrogens with zero attached hydrogens (tertiary/aromatic N) is 1. The van der Waals surface area contributed by atoms with Crippen LogP contribution in [0.5, 0.6) is 0 Å². The summed E-state index contributed by atoms with van der Waals surface area (Å²) < 4.78 is 18.8. The molecule has 3 nitrogen and oxygen atoms in total. The highest BCUT2D eigenvalue weighted by Crippen LogP contribution is 2.42. The predicted molar refractivity (Wildman–Crippen MR) is 69.3 cm³/mol. The van der Waals surface area contributed by atoms with Gasteiger partial charge in [-0.25, -0.2) is 9.18 Å².